The second-order valence-electron chi connectivity index (χ2n) is 7.09. The maximum atomic E-state index is 12.4. The van der Waals surface area contributed by atoms with Gasteiger partial charge in [0.25, 0.3) is 17.7 Å². The van der Waals surface area contributed by atoms with Gasteiger partial charge in [0.1, 0.15) is 6.54 Å². The zero-order chi connectivity index (χ0) is 23.4. The highest BCUT2D eigenvalue weighted by Crippen LogP contribution is 2.31. The number of benzene rings is 2. The van der Waals surface area contributed by atoms with Gasteiger partial charge in [0, 0.05) is 0 Å². The van der Waals surface area contributed by atoms with Crippen molar-refractivity contribution in [3.05, 3.63) is 69.2 Å². The summed E-state index contributed by atoms with van der Waals surface area (Å²) in [6.45, 7) is -0.00603. The Kier molecular flexibility index (Phi) is 7.27. The molecule has 1 aliphatic rings. The van der Waals surface area contributed by atoms with E-state index in [1.807, 2.05) is 30.3 Å². The Hall–Kier alpha value is -3.23. The van der Waals surface area contributed by atoms with Crippen LogP contribution in [0.1, 0.15) is 33.2 Å². The summed E-state index contributed by atoms with van der Waals surface area (Å²) in [5.74, 6) is -3.34. The van der Waals surface area contributed by atoms with Gasteiger partial charge in [0.2, 0.25) is 0 Å². The highest BCUT2D eigenvalue weighted by molar-refractivity contribution is 6.43. The van der Waals surface area contributed by atoms with Crippen molar-refractivity contribution >= 4 is 52.7 Å². The predicted octanol–water partition coefficient (Wildman–Crippen LogP) is 2.45. The smallest absolute Gasteiger partial charge is 0.326 e. The van der Waals surface area contributed by atoms with Crippen molar-refractivity contribution in [2.24, 2.45) is 0 Å². The minimum Gasteiger partial charge on any atom is -0.454 e. The first-order chi connectivity index (χ1) is 15.2. The topological polar surface area (TPSA) is 110 Å². The van der Waals surface area contributed by atoms with Crippen LogP contribution in [0.3, 0.4) is 0 Å². The second-order valence-corrected chi connectivity index (χ2v) is 7.90. The Morgan fingerprint density at radius 3 is 2.09 bits per heavy atom. The van der Waals surface area contributed by atoms with Gasteiger partial charge in [-0.3, -0.25) is 28.9 Å². The van der Waals surface area contributed by atoms with E-state index in [0.717, 1.165) is 5.56 Å². The lowest BCUT2D eigenvalue weighted by Gasteiger charge is -2.17. The summed E-state index contributed by atoms with van der Waals surface area (Å²) >= 11 is 11.8. The predicted molar refractivity (Wildman–Crippen MR) is 116 cm³/mol. The maximum absolute atomic E-state index is 12.4. The number of amides is 3. The molecule has 166 valence electrons. The van der Waals surface area contributed by atoms with Crippen molar-refractivity contribution in [2.75, 3.05) is 13.2 Å². The second kappa shape index (κ2) is 9.93. The van der Waals surface area contributed by atoms with E-state index in [1.54, 1.807) is 0 Å². The van der Waals surface area contributed by atoms with E-state index in [2.05, 4.69) is 5.32 Å². The average Bonchev–Trinajstić information content (AvgIpc) is 2.97. The van der Waals surface area contributed by atoms with Gasteiger partial charge < -0.3 is 10.1 Å². The number of carbonyl (C=O) groups is 5. The van der Waals surface area contributed by atoms with E-state index in [4.69, 9.17) is 27.9 Å². The van der Waals surface area contributed by atoms with Crippen molar-refractivity contribution in [3.8, 4) is 0 Å². The molecule has 1 N–H and O–H groups in total. The summed E-state index contributed by atoms with van der Waals surface area (Å²) in [6.07, 6.45) is 0.288. The van der Waals surface area contributed by atoms with Crippen molar-refractivity contribution in [1.82, 2.24) is 10.2 Å². The Labute approximate surface area is 193 Å². The molecule has 1 unspecified atom stereocenters. The number of ether oxygens (including phenoxy) is 1. The molecule has 0 aliphatic carbocycles. The number of nitrogens with zero attached hydrogens (tertiary/aromatic N) is 1. The molecule has 2 aromatic rings. The van der Waals surface area contributed by atoms with Gasteiger partial charge in [-0.15, -0.1) is 0 Å². The van der Waals surface area contributed by atoms with E-state index in [-0.39, 0.29) is 33.4 Å². The van der Waals surface area contributed by atoms with Crippen LogP contribution < -0.4 is 5.32 Å². The zero-order valence-electron chi connectivity index (χ0n) is 16.9. The fourth-order valence-corrected chi connectivity index (χ4v) is 3.46. The summed E-state index contributed by atoms with van der Waals surface area (Å²) in [6, 6.07) is 10.8. The van der Waals surface area contributed by atoms with Crippen molar-refractivity contribution in [2.45, 2.75) is 19.4 Å². The lowest BCUT2D eigenvalue weighted by molar-refractivity contribution is -0.149. The largest absolute Gasteiger partial charge is 0.454 e. The van der Waals surface area contributed by atoms with Gasteiger partial charge in [-0.2, -0.15) is 0 Å². The standard InChI is InChI=1S/C22H18Cl2N2O6/c1-12(27)18(7-13-5-3-2-4-6-13)25-19(28)11-32-20(29)10-26-21(30)14-8-16(23)17(24)9-15(14)22(26)31/h2-6,8-9,18H,7,10-11H2,1H3,(H,25,28). The number of imide groups is 1. The van der Waals surface area contributed by atoms with Crippen LogP contribution in [-0.4, -0.2) is 53.6 Å². The first-order valence-corrected chi connectivity index (χ1v) is 10.3. The minimum absolute atomic E-state index is 0.0279. The quantitative estimate of drug-likeness (QED) is 0.462. The van der Waals surface area contributed by atoms with Gasteiger partial charge in [-0.1, -0.05) is 53.5 Å². The first-order valence-electron chi connectivity index (χ1n) is 9.52. The molecule has 1 aliphatic heterocycles. The van der Waals surface area contributed by atoms with Crippen LogP contribution in [-0.2, 0) is 25.5 Å². The molecule has 0 spiro atoms. The number of fused-ring (bicyclic) bond motifs is 1. The number of esters is 1. The zero-order valence-corrected chi connectivity index (χ0v) is 18.4. The van der Waals surface area contributed by atoms with E-state index < -0.39 is 42.9 Å². The Morgan fingerprint density at radius 1 is 1.00 bits per heavy atom. The first kappa shape index (κ1) is 23.4. The number of hydrogen-bond donors (Lipinski definition) is 1. The Morgan fingerprint density at radius 2 is 1.56 bits per heavy atom. The number of carbonyl (C=O) groups excluding carboxylic acids is 5. The fourth-order valence-electron chi connectivity index (χ4n) is 3.13. The van der Waals surface area contributed by atoms with Gasteiger partial charge in [0.15, 0.2) is 12.4 Å². The summed E-state index contributed by atoms with van der Waals surface area (Å²) in [4.78, 5) is 61.7. The molecule has 0 radical (unpaired) electrons. The molecule has 1 atom stereocenters. The number of nitrogens with one attached hydrogen (secondary N) is 1. The fraction of sp³-hybridized carbons (Fsp3) is 0.227. The van der Waals surface area contributed by atoms with Crippen LogP contribution in [0.15, 0.2) is 42.5 Å². The van der Waals surface area contributed by atoms with E-state index in [9.17, 15) is 24.0 Å². The van der Waals surface area contributed by atoms with Crippen LogP contribution in [0.25, 0.3) is 0 Å². The van der Waals surface area contributed by atoms with Crippen LogP contribution in [0, 0.1) is 0 Å². The number of rotatable bonds is 8. The molecule has 0 saturated carbocycles. The van der Waals surface area contributed by atoms with E-state index >= 15 is 0 Å². The summed E-state index contributed by atoms with van der Waals surface area (Å²) in [5, 5.41) is 2.72. The Balaban J connectivity index is 1.54. The van der Waals surface area contributed by atoms with Gasteiger partial charge in [-0.05, 0) is 31.0 Å². The van der Waals surface area contributed by atoms with Crippen LogP contribution in [0.4, 0.5) is 0 Å². The third-order valence-corrected chi connectivity index (χ3v) is 5.49. The normalized spacial score (nSPS) is 13.5. The molecule has 10 heteroatoms. The lowest BCUT2D eigenvalue weighted by Crippen LogP contribution is -2.44. The number of Topliss-reactive ketones (excluding diaryl/α,β-unsaturated/α-hetero) is 1. The minimum atomic E-state index is -0.964. The molecular weight excluding hydrogens is 459 g/mol. The molecule has 32 heavy (non-hydrogen) atoms. The highest BCUT2D eigenvalue weighted by Gasteiger charge is 2.37. The van der Waals surface area contributed by atoms with Gasteiger partial charge >= 0.3 is 5.97 Å². The molecule has 0 aromatic heterocycles. The van der Waals surface area contributed by atoms with Crippen molar-refractivity contribution < 1.29 is 28.7 Å². The molecule has 1 heterocycles. The lowest BCUT2D eigenvalue weighted by atomic mass is 10.0. The molecule has 0 bridgehead atoms. The average molecular weight is 477 g/mol. The van der Waals surface area contributed by atoms with Crippen LogP contribution >= 0.6 is 23.2 Å². The highest BCUT2D eigenvalue weighted by atomic mass is 35.5. The summed E-state index contributed by atoms with van der Waals surface area (Å²) < 4.78 is 4.88. The third-order valence-electron chi connectivity index (χ3n) is 4.77. The van der Waals surface area contributed by atoms with E-state index in [0.29, 0.717) is 4.90 Å². The molecule has 8 nitrogen and oxygen atoms in total. The number of hydrogen-bond acceptors (Lipinski definition) is 6. The molecule has 3 rings (SSSR count). The maximum Gasteiger partial charge on any atom is 0.326 e. The molecule has 0 saturated heterocycles. The van der Waals surface area contributed by atoms with Crippen molar-refractivity contribution in [3.63, 3.8) is 0 Å². The van der Waals surface area contributed by atoms with Crippen LogP contribution in [0.2, 0.25) is 10.0 Å². The Bertz CT molecular complexity index is 1060. The number of ketones is 1. The third kappa shape index (κ3) is 5.33. The van der Waals surface area contributed by atoms with Crippen LogP contribution in [0.5, 0.6) is 0 Å². The van der Waals surface area contributed by atoms with E-state index in [1.165, 1.54) is 19.1 Å². The van der Waals surface area contributed by atoms with Gasteiger partial charge in [0.05, 0.1) is 27.2 Å². The summed E-state index contributed by atoms with van der Waals surface area (Å²) in [5.41, 5.74) is 0.913. The SMILES string of the molecule is CC(=O)C(Cc1ccccc1)NC(=O)COC(=O)CN1C(=O)c2cc(Cl)c(Cl)cc2C1=O. The monoisotopic (exact) mass is 476 g/mol. The number of halogens is 2. The molecular formula is C22H18Cl2N2O6. The van der Waals surface area contributed by atoms with Crippen molar-refractivity contribution in [1.29, 1.82) is 0 Å². The molecule has 0 fully saturated rings. The molecule has 3 amide bonds. The molecule has 2 aromatic carbocycles. The van der Waals surface area contributed by atoms with Gasteiger partial charge in [-0.25, -0.2) is 0 Å². The summed E-state index contributed by atoms with van der Waals surface area (Å²) in [7, 11) is 0.